The molecule has 0 spiro atoms. The van der Waals surface area contributed by atoms with Gasteiger partial charge in [-0.15, -0.1) is 0 Å². The van der Waals surface area contributed by atoms with E-state index in [-0.39, 0.29) is 0 Å². The molecule has 78 valence electrons. The van der Waals surface area contributed by atoms with Crippen LogP contribution in [-0.2, 0) is 6.54 Å². The number of halogens is 2. The minimum Gasteiger partial charge on any atom is -0.492 e. The fourth-order valence-corrected chi connectivity index (χ4v) is 2.56. The normalized spacial score (nSPS) is 10.3. The van der Waals surface area contributed by atoms with E-state index < -0.39 is 0 Å². The summed E-state index contributed by atoms with van der Waals surface area (Å²) in [5.74, 6) is 0.761. The number of hydrogen-bond donors (Lipinski definition) is 2. The second-order valence-corrected chi connectivity index (χ2v) is 4.41. The molecule has 0 radical (unpaired) electrons. The molecule has 1 aromatic carbocycles. The zero-order valence-corrected chi connectivity index (χ0v) is 10.9. The highest BCUT2D eigenvalue weighted by Gasteiger charge is 2.09. The van der Waals surface area contributed by atoms with Gasteiger partial charge in [0.2, 0.25) is 0 Å². The largest absolute Gasteiger partial charge is 0.492 e. The van der Waals surface area contributed by atoms with Gasteiger partial charge < -0.3 is 9.94 Å². The van der Waals surface area contributed by atoms with Crippen molar-refractivity contribution >= 4 is 31.9 Å². The highest BCUT2D eigenvalue weighted by atomic mass is 79.9. The Kier molecular flexibility index (Phi) is 4.88. The second kappa shape index (κ2) is 5.70. The number of rotatable bonds is 4. The van der Waals surface area contributed by atoms with Crippen LogP contribution in [0.1, 0.15) is 12.5 Å². The van der Waals surface area contributed by atoms with Crippen molar-refractivity contribution in [1.82, 2.24) is 5.48 Å². The molecule has 0 heterocycles. The van der Waals surface area contributed by atoms with Gasteiger partial charge in [0, 0.05) is 16.6 Å². The van der Waals surface area contributed by atoms with Crippen LogP contribution in [-0.4, -0.2) is 11.8 Å². The molecule has 1 rings (SSSR count). The third-order valence-electron chi connectivity index (χ3n) is 1.64. The lowest BCUT2D eigenvalue weighted by Crippen LogP contribution is -2.08. The first-order valence-corrected chi connectivity index (χ1v) is 5.75. The molecule has 3 nitrogen and oxygen atoms in total. The molecule has 0 saturated carbocycles. The molecule has 0 aliphatic rings. The molecule has 1 aromatic rings. The van der Waals surface area contributed by atoms with E-state index >= 15 is 0 Å². The van der Waals surface area contributed by atoms with E-state index in [0.717, 1.165) is 20.3 Å². The first-order valence-electron chi connectivity index (χ1n) is 4.16. The Hall–Kier alpha value is -0.100. The van der Waals surface area contributed by atoms with Gasteiger partial charge in [-0.3, -0.25) is 0 Å². The van der Waals surface area contributed by atoms with Crippen LogP contribution in [0.3, 0.4) is 0 Å². The van der Waals surface area contributed by atoms with Crippen LogP contribution in [0.15, 0.2) is 21.1 Å². The van der Waals surface area contributed by atoms with Crippen LogP contribution in [0, 0.1) is 0 Å². The van der Waals surface area contributed by atoms with Crippen molar-refractivity contribution in [2.75, 3.05) is 6.61 Å². The summed E-state index contributed by atoms with van der Waals surface area (Å²) < 4.78 is 7.27. The molecule has 2 N–H and O–H groups in total. The van der Waals surface area contributed by atoms with Gasteiger partial charge in [0.25, 0.3) is 0 Å². The smallest absolute Gasteiger partial charge is 0.138 e. The van der Waals surface area contributed by atoms with Crippen molar-refractivity contribution in [3.8, 4) is 5.75 Å². The molecule has 14 heavy (non-hydrogen) atoms. The van der Waals surface area contributed by atoms with Gasteiger partial charge >= 0.3 is 0 Å². The van der Waals surface area contributed by atoms with Crippen LogP contribution in [0.2, 0.25) is 0 Å². The van der Waals surface area contributed by atoms with E-state index in [1.54, 1.807) is 0 Å². The molecule has 0 aliphatic heterocycles. The molecule has 0 amide bonds. The monoisotopic (exact) mass is 323 g/mol. The minimum atomic E-state index is 0.355. The van der Waals surface area contributed by atoms with Crippen molar-refractivity contribution in [3.05, 3.63) is 26.6 Å². The van der Waals surface area contributed by atoms with E-state index in [9.17, 15) is 0 Å². The number of benzene rings is 1. The Morgan fingerprint density at radius 3 is 2.71 bits per heavy atom. The number of nitrogens with one attached hydrogen (secondary N) is 1. The topological polar surface area (TPSA) is 41.5 Å². The van der Waals surface area contributed by atoms with Gasteiger partial charge in [0.1, 0.15) is 5.75 Å². The predicted octanol–water partition coefficient (Wildman–Crippen LogP) is 3.09. The van der Waals surface area contributed by atoms with Crippen molar-refractivity contribution < 1.29 is 9.94 Å². The molecular weight excluding hydrogens is 314 g/mol. The summed E-state index contributed by atoms with van der Waals surface area (Å²) in [6, 6.07) is 3.81. The third-order valence-corrected chi connectivity index (χ3v) is 2.69. The minimum absolute atomic E-state index is 0.355. The van der Waals surface area contributed by atoms with Gasteiger partial charge in [0.15, 0.2) is 0 Å². The van der Waals surface area contributed by atoms with Crippen LogP contribution in [0.4, 0.5) is 0 Å². The average Bonchev–Trinajstić information content (AvgIpc) is 2.11. The van der Waals surface area contributed by atoms with Crippen molar-refractivity contribution in [2.24, 2.45) is 0 Å². The third kappa shape index (κ3) is 2.95. The Morgan fingerprint density at radius 1 is 1.43 bits per heavy atom. The van der Waals surface area contributed by atoms with Crippen molar-refractivity contribution in [1.29, 1.82) is 0 Å². The van der Waals surface area contributed by atoms with Gasteiger partial charge in [0.05, 0.1) is 11.1 Å². The molecule has 0 aromatic heterocycles. The SMILES string of the molecule is CCOc1c(Br)cc(Br)cc1CNO. The molecular formula is C9H11Br2NO2. The lowest BCUT2D eigenvalue weighted by molar-refractivity contribution is 0.159. The molecule has 0 aliphatic carbocycles. The number of hydroxylamine groups is 1. The molecule has 0 bridgehead atoms. The van der Waals surface area contributed by atoms with E-state index in [4.69, 9.17) is 9.94 Å². The maximum atomic E-state index is 8.66. The highest BCUT2D eigenvalue weighted by molar-refractivity contribution is 9.11. The number of ether oxygens (including phenoxy) is 1. The second-order valence-electron chi connectivity index (χ2n) is 2.64. The average molecular weight is 325 g/mol. The summed E-state index contributed by atoms with van der Waals surface area (Å²) in [5, 5.41) is 8.66. The van der Waals surface area contributed by atoms with E-state index in [0.29, 0.717) is 13.2 Å². The van der Waals surface area contributed by atoms with Crippen LogP contribution in [0.5, 0.6) is 5.75 Å². The maximum absolute atomic E-state index is 8.66. The molecule has 0 atom stereocenters. The predicted molar refractivity (Wildman–Crippen MR) is 61.6 cm³/mol. The summed E-state index contributed by atoms with van der Waals surface area (Å²) in [6.07, 6.45) is 0. The fraction of sp³-hybridized carbons (Fsp3) is 0.333. The number of hydrogen-bond acceptors (Lipinski definition) is 3. The van der Waals surface area contributed by atoms with Gasteiger partial charge in [-0.2, -0.15) is 0 Å². The first kappa shape index (κ1) is 12.0. The van der Waals surface area contributed by atoms with Gasteiger partial charge in [-0.25, -0.2) is 5.48 Å². The van der Waals surface area contributed by atoms with Crippen LogP contribution in [0.25, 0.3) is 0 Å². The lowest BCUT2D eigenvalue weighted by atomic mass is 10.2. The molecule has 0 saturated heterocycles. The Balaban J connectivity index is 3.07. The standard InChI is InChI=1S/C9H11Br2NO2/c1-2-14-9-6(5-12-13)3-7(10)4-8(9)11/h3-4,12-13H,2,5H2,1H3. The summed E-state index contributed by atoms with van der Waals surface area (Å²) in [6.45, 7) is 2.87. The summed E-state index contributed by atoms with van der Waals surface area (Å²) in [7, 11) is 0. The molecule has 5 heteroatoms. The van der Waals surface area contributed by atoms with E-state index in [1.165, 1.54) is 0 Å². The summed E-state index contributed by atoms with van der Waals surface area (Å²) in [5.41, 5.74) is 3.01. The zero-order valence-electron chi connectivity index (χ0n) is 7.68. The van der Waals surface area contributed by atoms with Gasteiger partial charge in [-0.05, 0) is 35.0 Å². The highest BCUT2D eigenvalue weighted by Crippen LogP contribution is 2.32. The summed E-state index contributed by atoms with van der Waals surface area (Å²) >= 11 is 6.78. The van der Waals surface area contributed by atoms with Crippen molar-refractivity contribution in [2.45, 2.75) is 13.5 Å². The van der Waals surface area contributed by atoms with Gasteiger partial charge in [-0.1, -0.05) is 15.9 Å². The van der Waals surface area contributed by atoms with Crippen LogP contribution >= 0.6 is 31.9 Å². The maximum Gasteiger partial charge on any atom is 0.138 e. The van der Waals surface area contributed by atoms with Crippen LogP contribution < -0.4 is 10.2 Å². The Bertz CT molecular complexity index is 318. The molecule has 0 fully saturated rings. The quantitative estimate of drug-likeness (QED) is 0.836. The zero-order chi connectivity index (χ0) is 10.6. The first-order chi connectivity index (χ1) is 6.69. The molecule has 0 unspecified atom stereocenters. The van der Waals surface area contributed by atoms with E-state index in [2.05, 4.69) is 37.3 Å². The lowest BCUT2D eigenvalue weighted by Gasteiger charge is -2.12. The summed E-state index contributed by atoms with van der Waals surface area (Å²) in [4.78, 5) is 0. The fourth-order valence-electron chi connectivity index (χ4n) is 1.14. The Labute approximate surface area is 99.7 Å². The van der Waals surface area contributed by atoms with Crippen molar-refractivity contribution in [3.63, 3.8) is 0 Å². The Morgan fingerprint density at radius 2 is 2.14 bits per heavy atom. The van der Waals surface area contributed by atoms with E-state index in [1.807, 2.05) is 19.1 Å².